The summed E-state index contributed by atoms with van der Waals surface area (Å²) in [5.74, 6) is -0.798. The first-order chi connectivity index (χ1) is 14.7. The van der Waals surface area contributed by atoms with E-state index in [0.29, 0.717) is 16.4 Å². The third-order valence-corrected chi connectivity index (χ3v) is 6.20. The van der Waals surface area contributed by atoms with E-state index in [1.807, 2.05) is 0 Å². The van der Waals surface area contributed by atoms with Crippen LogP contribution in [0.25, 0.3) is 0 Å². The molecule has 0 aliphatic carbocycles. The van der Waals surface area contributed by atoms with E-state index in [0.717, 1.165) is 0 Å². The second-order valence-electron chi connectivity index (χ2n) is 6.44. The van der Waals surface area contributed by atoms with E-state index < -0.39 is 15.9 Å². The van der Waals surface area contributed by atoms with E-state index in [9.17, 15) is 18.0 Å². The quantitative estimate of drug-likeness (QED) is 0.464. The van der Waals surface area contributed by atoms with Crippen molar-refractivity contribution in [2.24, 2.45) is 0 Å². The Hall–Kier alpha value is -3.07. The van der Waals surface area contributed by atoms with Crippen molar-refractivity contribution in [3.8, 4) is 0 Å². The largest absolute Gasteiger partial charge is 0.326 e. The van der Waals surface area contributed by atoms with Gasteiger partial charge in [-0.25, -0.2) is 8.42 Å². The van der Waals surface area contributed by atoms with Gasteiger partial charge in [0.25, 0.3) is 15.9 Å². The Morgan fingerprint density at radius 3 is 2.10 bits per heavy atom. The van der Waals surface area contributed by atoms with Gasteiger partial charge in [0.05, 0.1) is 26.2 Å². The molecule has 0 spiro atoms. The number of amides is 2. The summed E-state index contributed by atoms with van der Waals surface area (Å²) < 4.78 is 28.0. The molecule has 3 N–H and O–H groups in total. The van der Waals surface area contributed by atoms with Crippen LogP contribution in [0, 0.1) is 0 Å². The van der Waals surface area contributed by atoms with Gasteiger partial charge in [-0.2, -0.15) is 0 Å². The number of anilines is 3. The van der Waals surface area contributed by atoms with Gasteiger partial charge in [-0.1, -0.05) is 35.3 Å². The number of carbonyl (C=O) groups excluding carboxylic acids is 2. The van der Waals surface area contributed by atoms with E-state index in [1.165, 1.54) is 49.4 Å². The summed E-state index contributed by atoms with van der Waals surface area (Å²) in [6, 6.07) is 16.4. The lowest BCUT2D eigenvalue weighted by atomic mass is 10.1. The Morgan fingerprint density at radius 2 is 1.45 bits per heavy atom. The summed E-state index contributed by atoms with van der Waals surface area (Å²) in [4.78, 5) is 23.8. The van der Waals surface area contributed by atoms with Crippen molar-refractivity contribution in [2.75, 3.05) is 15.4 Å². The molecule has 0 aliphatic rings. The highest BCUT2D eigenvalue weighted by Gasteiger charge is 2.19. The number of hydrogen-bond acceptors (Lipinski definition) is 4. The van der Waals surface area contributed by atoms with Crippen LogP contribution < -0.4 is 15.4 Å². The fraction of sp³-hybridized carbons (Fsp3) is 0.0476. The van der Waals surface area contributed by atoms with E-state index in [1.54, 1.807) is 24.3 Å². The molecule has 7 nitrogen and oxygen atoms in total. The molecule has 31 heavy (non-hydrogen) atoms. The van der Waals surface area contributed by atoms with E-state index in [-0.39, 0.29) is 27.1 Å². The number of hydrogen-bond donors (Lipinski definition) is 3. The molecule has 0 heterocycles. The van der Waals surface area contributed by atoms with Crippen LogP contribution in [0.3, 0.4) is 0 Å². The SMILES string of the molecule is CC(=O)Nc1ccc(S(=O)(=O)Nc2ccccc2C(=O)Nc2ccc(Cl)c(Cl)c2)cc1. The molecule has 0 fully saturated rings. The van der Waals surface area contributed by atoms with Crippen molar-refractivity contribution in [2.45, 2.75) is 11.8 Å². The molecule has 0 aromatic heterocycles. The van der Waals surface area contributed by atoms with Crippen LogP contribution in [0.15, 0.2) is 71.6 Å². The Kier molecular flexibility index (Phi) is 6.84. The first-order valence-corrected chi connectivity index (χ1v) is 11.2. The molecular weight excluding hydrogens is 461 g/mol. The van der Waals surface area contributed by atoms with Crippen molar-refractivity contribution in [3.63, 3.8) is 0 Å². The molecule has 0 unspecified atom stereocenters. The van der Waals surface area contributed by atoms with Crippen molar-refractivity contribution in [1.82, 2.24) is 0 Å². The Morgan fingerprint density at radius 1 is 0.806 bits per heavy atom. The average molecular weight is 478 g/mol. The minimum atomic E-state index is -3.98. The topological polar surface area (TPSA) is 104 Å². The number of rotatable bonds is 6. The second-order valence-corrected chi connectivity index (χ2v) is 8.94. The molecule has 3 rings (SSSR count). The van der Waals surface area contributed by atoms with Crippen molar-refractivity contribution in [3.05, 3.63) is 82.3 Å². The van der Waals surface area contributed by atoms with E-state index in [4.69, 9.17) is 23.2 Å². The van der Waals surface area contributed by atoms with Crippen LogP contribution in [0.2, 0.25) is 10.0 Å². The van der Waals surface area contributed by atoms with Gasteiger partial charge in [-0.15, -0.1) is 0 Å². The van der Waals surface area contributed by atoms with Gasteiger partial charge in [0.2, 0.25) is 5.91 Å². The van der Waals surface area contributed by atoms with Gasteiger partial charge in [-0.3, -0.25) is 14.3 Å². The number of halogens is 2. The molecule has 0 aliphatic heterocycles. The summed E-state index contributed by atoms with van der Waals surface area (Å²) in [6.07, 6.45) is 0. The molecule has 3 aromatic carbocycles. The summed E-state index contributed by atoms with van der Waals surface area (Å²) in [5.41, 5.74) is 1.09. The summed E-state index contributed by atoms with van der Waals surface area (Å²) in [6.45, 7) is 1.35. The molecule has 160 valence electrons. The molecule has 10 heteroatoms. The third-order valence-electron chi connectivity index (χ3n) is 4.08. The molecular formula is C21H17Cl2N3O4S. The monoisotopic (exact) mass is 477 g/mol. The number of nitrogens with one attached hydrogen (secondary N) is 3. The van der Waals surface area contributed by atoms with E-state index in [2.05, 4.69) is 15.4 Å². The standard InChI is InChI=1S/C21H17Cl2N3O4S/c1-13(27)24-14-6-9-16(10-7-14)31(29,30)26-20-5-3-2-4-17(20)21(28)25-15-8-11-18(22)19(23)12-15/h2-12,26H,1H3,(H,24,27)(H,25,28). The summed E-state index contributed by atoms with van der Waals surface area (Å²) >= 11 is 11.9. The molecule has 0 saturated heterocycles. The maximum absolute atomic E-state index is 12.8. The van der Waals surface area contributed by atoms with Crippen LogP contribution in [-0.2, 0) is 14.8 Å². The van der Waals surface area contributed by atoms with Crippen LogP contribution in [0.5, 0.6) is 0 Å². The molecule has 0 radical (unpaired) electrons. The van der Waals surface area contributed by atoms with Gasteiger partial charge >= 0.3 is 0 Å². The lowest BCUT2D eigenvalue weighted by molar-refractivity contribution is -0.114. The minimum Gasteiger partial charge on any atom is -0.326 e. The Balaban J connectivity index is 1.83. The lowest BCUT2D eigenvalue weighted by Gasteiger charge is -2.13. The van der Waals surface area contributed by atoms with Gasteiger partial charge in [0.15, 0.2) is 0 Å². The first-order valence-electron chi connectivity index (χ1n) is 8.91. The predicted octanol–water partition coefficient (Wildman–Crippen LogP) is 5.00. The molecule has 0 bridgehead atoms. The highest BCUT2D eigenvalue weighted by atomic mass is 35.5. The lowest BCUT2D eigenvalue weighted by Crippen LogP contribution is -2.18. The zero-order valence-corrected chi connectivity index (χ0v) is 18.5. The molecule has 0 saturated carbocycles. The van der Waals surface area contributed by atoms with Gasteiger partial charge in [-0.05, 0) is 54.6 Å². The number of benzene rings is 3. The maximum atomic E-state index is 12.8. The highest BCUT2D eigenvalue weighted by Crippen LogP contribution is 2.26. The van der Waals surface area contributed by atoms with Gasteiger partial charge < -0.3 is 10.6 Å². The number of carbonyl (C=O) groups is 2. The van der Waals surface area contributed by atoms with Gasteiger partial charge in [0, 0.05) is 18.3 Å². The first kappa shape index (κ1) is 22.6. The second kappa shape index (κ2) is 9.38. The Labute approximate surface area is 189 Å². The number of para-hydroxylation sites is 1. The minimum absolute atomic E-state index is 0.0266. The highest BCUT2D eigenvalue weighted by molar-refractivity contribution is 7.92. The van der Waals surface area contributed by atoms with Crippen LogP contribution in [0.4, 0.5) is 17.1 Å². The fourth-order valence-corrected chi connectivity index (χ4v) is 4.04. The van der Waals surface area contributed by atoms with Crippen LogP contribution >= 0.6 is 23.2 Å². The summed E-state index contributed by atoms with van der Waals surface area (Å²) in [5, 5.41) is 5.84. The molecule has 2 amide bonds. The Bertz CT molecular complexity index is 1250. The van der Waals surface area contributed by atoms with Gasteiger partial charge in [0.1, 0.15) is 0 Å². The van der Waals surface area contributed by atoms with Crippen molar-refractivity contribution in [1.29, 1.82) is 0 Å². The smallest absolute Gasteiger partial charge is 0.261 e. The third kappa shape index (κ3) is 5.75. The zero-order valence-electron chi connectivity index (χ0n) is 16.1. The predicted molar refractivity (Wildman–Crippen MR) is 122 cm³/mol. The molecule has 0 atom stereocenters. The maximum Gasteiger partial charge on any atom is 0.261 e. The fourth-order valence-electron chi connectivity index (χ4n) is 2.67. The van der Waals surface area contributed by atoms with Crippen LogP contribution in [0.1, 0.15) is 17.3 Å². The molecule has 3 aromatic rings. The van der Waals surface area contributed by atoms with Crippen molar-refractivity contribution < 1.29 is 18.0 Å². The summed E-state index contributed by atoms with van der Waals surface area (Å²) in [7, 11) is -3.98. The van der Waals surface area contributed by atoms with Crippen LogP contribution in [-0.4, -0.2) is 20.2 Å². The normalized spacial score (nSPS) is 10.9. The zero-order chi connectivity index (χ0) is 22.6. The van der Waals surface area contributed by atoms with E-state index >= 15 is 0 Å². The number of sulfonamides is 1. The van der Waals surface area contributed by atoms with Crippen molar-refractivity contribution >= 4 is 62.1 Å². The average Bonchev–Trinajstić information content (AvgIpc) is 2.71.